The van der Waals surface area contributed by atoms with Gasteiger partial charge in [-0.05, 0) is 6.07 Å². The monoisotopic (exact) mass is 342 g/mol. The maximum atomic E-state index is 11.3. The predicted octanol–water partition coefficient (Wildman–Crippen LogP) is -0.151. The lowest BCUT2D eigenvalue weighted by Crippen LogP contribution is -2.36. The predicted molar refractivity (Wildman–Crippen MR) is 79.5 cm³/mol. The highest BCUT2D eigenvalue weighted by Gasteiger charge is 2.47. The first-order valence-electron chi connectivity index (χ1n) is 6.83. The molecule has 0 radical (unpaired) electrons. The Bertz CT molecular complexity index is 751. The second kappa shape index (κ2) is 5.93. The van der Waals surface area contributed by atoms with Crippen molar-refractivity contribution in [3.8, 4) is 0 Å². The molecule has 1 saturated heterocycles. The smallest absolute Gasteiger partial charge is 0.303 e. The summed E-state index contributed by atoms with van der Waals surface area (Å²) < 4.78 is 12.3. The molecule has 9 nitrogen and oxygen atoms in total. The van der Waals surface area contributed by atoms with E-state index in [1.54, 1.807) is 12.3 Å². The van der Waals surface area contributed by atoms with Crippen molar-refractivity contribution in [3.05, 3.63) is 17.4 Å². The summed E-state index contributed by atoms with van der Waals surface area (Å²) in [6.45, 7) is 0.799. The molecule has 10 heteroatoms. The van der Waals surface area contributed by atoms with Gasteiger partial charge in [-0.3, -0.25) is 4.79 Å². The molecule has 4 N–H and O–H groups in total. The number of anilines is 1. The van der Waals surface area contributed by atoms with E-state index in [4.69, 9.17) is 26.8 Å². The summed E-state index contributed by atoms with van der Waals surface area (Å²) in [5, 5.41) is 20.2. The van der Waals surface area contributed by atoms with Crippen molar-refractivity contribution in [2.75, 3.05) is 12.3 Å². The average Bonchev–Trinajstić information content (AvgIpc) is 3.01. The molecule has 0 spiro atoms. The molecule has 1 aliphatic heterocycles. The molecule has 1 aliphatic rings. The van der Waals surface area contributed by atoms with Gasteiger partial charge in [-0.15, -0.1) is 0 Å². The number of aliphatic hydroxyl groups excluding tert-OH is 2. The highest BCUT2D eigenvalue weighted by molar-refractivity contribution is 6.34. The molecule has 2 aromatic rings. The van der Waals surface area contributed by atoms with Gasteiger partial charge >= 0.3 is 5.97 Å². The molecule has 0 aromatic carbocycles. The third-order valence-corrected chi connectivity index (χ3v) is 3.90. The van der Waals surface area contributed by atoms with Crippen LogP contribution in [0, 0.1) is 0 Å². The van der Waals surface area contributed by atoms with Gasteiger partial charge in [0.2, 0.25) is 5.95 Å². The fourth-order valence-electron chi connectivity index (χ4n) is 2.63. The van der Waals surface area contributed by atoms with Crippen LogP contribution < -0.4 is 5.73 Å². The Balaban J connectivity index is 2.06. The van der Waals surface area contributed by atoms with E-state index in [2.05, 4.69) is 9.97 Å². The van der Waals surface area contributed by atoms with Crippen LogP contribution in [0.25, 0.3) is 11.0 Å². The van der Waals surface area contributed by atoms with Crippen molar-refractivity contribution in [2.24, 2.45) is 0 Å². The number of carbonyl (C=O) groups is 1. The number of nitrogen functional groups attached to an aromatic ring is 1. The average molecular weight is 343 g/mol. The molecule has 1 unspecified atom stereocenters. The number of fused-ring (bicyclic) bond motifs is 1. The number of esters is 1. The largest absolute Gasteiger partial charge is 0.455 e. The first kappa shape index (κ1) is 15.9. The van der Waals surface area contributed by atoms with Crippen LogP contribution in [-0.4, -0.2) is 55.6 Å². The van der Waals surface area contributed by atoms with E-state index in [0.29, 0.717) is 11.0 Å². The number of nitrogens with two attached hydrogens (primary N) is 1. The second-order valence-corrected chi connectivity index (χ2v) is 5.50. The van der Waals surface area contributed by atoms with Gasteiger partial charge in [-0.2, -0.15) is 4.98 Å². The first-order chi connectivity index (χ1) is 10.9. The van der Waals surface area contributed by atoms with E-state index in [0.717, 1.165) is 0 Å². The number of ether oxygens (including phenoxy) is 2. The zero-order valence-corrected chi connectivity index (χ0v) is 12.8. The lowest BCUT2D eigenvalue weighted by molar-refractivity contribution is -0.155. The van der Waals surface area contributed by atoms with Crippen molar-refractivity contribution in [1.82, 2.24) is 14.5 Å². The normalized spacial score (nSPS) is 27.5. The fraction of sp³-hybridized carbons (Fsp3) is 0.462. The van der Waals surface area contributed by atoms with Crippen LogP contribution in [0.5, 0.6) is 0 Å². The molecular formula is C13H15ClN4O5. The van der Waals surface area contributed by atoms with E-state index in [1.807, 2.05) is 0 Å². The van der Waals surface area contributed by atoms with Crippen molar-refractivity contribution >= 4 is 34.6 Å². The first-order valence-corrected chi connectivity index (χ1v) is 7.21. The lowest BCUT2D eigenvalue weighted by Gasteiger charge is -2.21. The van der Waals surface area contributed by atoms with Gasteiger partial charge in [0.05, 0.1) is 12.0 Å². The minimum absolute atomic E-state index is 0.0243. The lowest BCUT2D eigenvalue weighted by atomic mass is 10.1. The summed E-state index contributed by atoms with van der Waals surface area (Å²) in [7, 11) is 0. The Morgan fingerprint density at radius 1 is 1.57 bits per heavy atom. The summed E-state index contributed by atoms with van der Waals surface area (Å²) in [4.78, 5) is 19.3. The van der Waals surface area contributed by atoms with Gasteiger partial charge in [0, 0.05) is 13.1 Å². The van der Waals surface area contributed by atoms with E-state index in [-0.39, 0.29) is 11.1 Å². The summed E-state index contributed by atoms with van der Waals surface area (Å²) in [5.41, 5.74) is 5.98. The summed E-state index contributed by atoms with van der Waals surface area (Å²) in [6.07, 6.45) is -2.35. The maximum absolute atomic E-state index is 11.3. The number of carbonyl (C=O) groups excluding carboxylic acids is 1. The van der Waals surface area contributed by atoms with Crippen LogP contribution in [0.15, 0.2) is 12.3 Å². The van der Waals surface area contributed by atoms with Gasteiger partial charge < -0.3 is 30.0 Å². The topological polar surface area (TPSA) is 133 Å². The van der Waals surface area contributed by atoms with E-state index >= 15 is 0 Å². The van der Waals surface area contributed by atoms with Gasteiger partial charge in [0.1, 0.15) is 23.0 Å². The van der Waals surface area contributed by atoms with Crippen molar-refractivity contribution in [3.63, 3.8) is 0 Å². The molecule has 2 aromatic heterocycles. The minimum Gasteiger partial charge on any atom is -0.455 e. The zero-order chi connectivity index (χ0) is 16.7. The Morgan fingerprint density at radius 2 is 2.30 bits per heavy atom. The molecule has 0 bridgehead atoms. The summed E-state index contributed by atoms with van der Waals surface area (Å²) in [5.74, 6) is -0.603. The summed E-state index contributed by atoms with van der Waals surface area (Å²) >= 11 is 6.03. The number of nitrogens with zero attached hydrogens (tertiary/aromatic N) is 3. The van der Waals surface area contributed by atoms with Crippen LogP contribution in [0.2, 0.25) is 5.15 Å². The number of aromatic nitrogens is 3. The number of hydrogen-bond acceptors (Lipinski definition) is 8. The highest BCUT2D eigenvalue weighted by Crippen LogP contribution is 2.35. The van der Waals surface area contributed by atoms with Gasteiger partial charge in [0.15, 0.2) is 12.3 Å². The molecule has 3 rings (SSSR count). The minimum atomic E-state index is -1.18. The van der Waals surface area contributed by atoms with Gasteiger partial charge in [-0.1, -0.05) is 11.6 Å². The fourth-order valence-corrected chi connectivity index (χ4v) is 2.86. The Labute approximate surface area is 135 Å². The van der Waals surface area contributed by atoms with Crippen LogP contribution >= 0.6 is 11.6 Å². The standard InChI is InChI=1S/C13H15ClN4O5/c1-5(20)22-9-8(21)7(4-19)23-12(9)18-3-2-6-10(14)16-13(15)17-11(6)18/h2-3,7-9,12,19,21H,4H2,1H3,(H2,15,16,17)/t7-,8-,9+,12?/m1/s1. The molecule has 1 fully saturated rings. The number of halogens is 1. The summed E-state index contributed by atoms with van der Waals surface area (Å²) in [6, 6.07) is 1.66. The van der Waals surface area contributed by atoms with Gasteiger partial charge in [-0.25, -0.2) is 4.98 Å². The Kier molecular flexibility index (Phi) is 4.11. The molecule has 124 valence electrons. The highest BCUT2D eigenvalue weighted by atomic mass is 35.5. The van der Waals surface area contributed by atoms with Crippen LogP contribution in [-0.2, 0) is 14.3 Å². The molecular weight excluding hydrogens is 328 g/mol. The molecule has 0 amide bonds. The van der Waals surface area contributed by atoms with Crippen molar-refractivity contribution in [2.45, 2.75) is 31.5 Å². The molecule has 0 saturated carbocycles. The third kappa shape index (κ3) is 2.72. The van der Waals surface area contributed by atoms with Crippen LogP contribution in [0.1, 0.15) is 13.2 Å². The van der Waals surface area contributed by atoms with E-state index < -0.39 is 37.1 Å². The Hall–Kier alpha value is -1.94. The van der Waals surface area contributed by atoms with Crippen molar-refractivity contribution < 1.29 is 24.5 Å². The maximum Gasteiger partial charge on any atom is 0.303 e. The number of aliphatic hydroxyl groups is 2. The second-order valence-electron chi connectivity index (χ2n) is 5.15. The zero-order valence-electron chi connectivity index (χ0n) is 12.1. The molecule has 23 heavy (non-hydrogen) atoms. The molecule has 4 atom stereocenters. The molecule has 3 heterocycles. The molecule has 0 aliphatic carbocycles. The van der Waals surface area contributed by atoms with Gasteiger partial charge in [0.25, 0.3) is 0 Å². The number of rotatable bonds is 3. The van der Waals surface area contributed by atoms with Crippen LogP contribution in [0.3, 0.4) is 0 Å². The number of hydrogen-bond donors (Lipinski definition) is 3. The SMILES string of the molecule is CC(=O)O[C@@H]1C(n2ccc3c(Cl)nc(N)nc32)O[C@H](CO)[C@H]1O. The van der Waals surface area contributed by atoms with Crippen LogP contribution in [0.4, 0.5) is 5.95 Å². The van der Waals surface area contributed by atoms with E-state index in [1.165, 1.54) is 11.5 Å². The van der Waals surface area contributed by atoms with Crippen molar-refractivity contribution in [1.29, 1.82) is 0 Å². The third-order valence-electron chi connectivity index (χ3n) is 3.61. The van der Waals surface area contributed by atoms with E-state index in [9.17, 15) is 15.0 Å². The Morgan fingerprint density at radius 3 is 2.96 bits per heavy atom. The quantitative estimate of drug-likeness (QED) is 0.518.